The Hall–Kier alpha value is -2.66. The van der Waals surface area contributed by atoms with Crippen LogP contribution in [0.25, 0.3) is 11.6 Å². The largest absolute Gasteiger partial charge is 0.490 e. The molecule has 0 saturated carbocycles. The van der Waals surface area contributed by atoms with Crippen LogP contribution in [0, 0.1) is 6.92 Å². The molecule has 0 aromatic heterocycles. The molecule has 0 amide bonds. The van der Waals surface area contributed by atoms with Crippen molar-refractivity contribution in [3.05, 3.63) is 71.3 Å². The first-order valence-electron chi connectivity index (χ1n) is 14.7. The predicted octanol–water partition coefficient (Wildman–Crippen LogP) is 9.18. The number of aryl methyl sites for hydroxylation is 1. The molecule has 0 unspecified atom stereocenters. The highest BCUT2D eigenvalue weighted by molar-refractivity contribution is 7.53. The molecule has 0 aliphatic rings. The van der Waals surface area contributed by atoms with Gasteiger partial charge >= 0.3 is 7.60 Å². The van der Waals surface area contributed by atoms with Crippen LogP contribution in [0.3, 0.4) is 0 Å². The minimum absolute atomic E-state index is 0.362. The maximum Gasteiger partial charge on any atom is 0.330 e. The summed E-state index contributed by atoms with van der Waals surface area (Å²) >= 11 is 0. The minimum atomic E-state index is -3.03. The number of aliphatic imine (C=N–C) groups is 1. The van der Waals surface area contributed by atoms with E-state index in [1.165, 1.54) is 5.56 Å². The Bertz CT molecular complexity index is 1130. The molecule has 2 aromatic rings. The Labute approximate surface area is 242 Å². The summed E-state index contributed by atoms with van der Waals surface area (Å²) in [6.45, 7) is 12.7. The quantitative estimate of drug-likeness (QED) is 0.0688. The van der Waals surface area contributed by atoms with Gasteiger partial charge in [0.05, 0.1) is 32.6 Å². The molecule has 0 spiro atoms. The van der Waals surface area contributed by atoms with E-state index in [0.717, 1.165) is 53.9 Å². The van der Waals surface area contributed by atoms with E-state index in [9.17, 15) is 4.57 Å². The summed E-state index contributed by atoms with van der Waals surface area (Å²) < 4.78 is 35.5. The lowest BCUT2D eigenvalue weighted by molar-refractivity contribution is 0.220. The number of unbranched alkanes of at least 4 members (excludes halogenated alkanes) is 2. The third-order valence-corrected chi connectivity index (χ3v) is 8.29. The van der Waals surface area contributed by atoms with Crippen molar-refractivity contribution in [1.82, 2.24) is 0 Å². The summed E-state index contributed by atoms with van der Waals surface area (Å²) in [4.78, 5) is 4.54. The van der Waals surface area contributed by atoms with Gasteiger partial charge in [-0.3, -0.25) is 9.56 Å². The maximum atomic E-state index is 12.6. The smallest absolute Gasteiger partial charge is 0.330 e. The number of ether oxygens (including phenoxy) is 2. The molecule has 2 aromatic carbocycles. The van der Waals surface area contributed by atoms with Gasteiger partial charge in [-0.2, -0.15) is 0 Å². The van der Waals surface area contributed by atoms with Gasteiger partial charge in [-0.1, -0.05) is 69.2 Å². The number of rotatable bonds is 20. The van der Waals surface area contributed by atoms with Crippen LogP contribution in [0.1, 0.15) is 76.5 Å². The van der Waals surface area contributed by atoms with E-state index in [-0.39, 0.29) is 0 Å². The van der Waals surface area contributed by atoms with Gasteiger partial charge in [0, 0.05) is 12.8 Å². The molecule has 0 aliphatic heterocycles. The van der Waals surface area contributed by atoms with E-state index in [1.807, 2.05) is 50.4 Å². The Balaban J connectivity index is 2.21. The van der Waals surface area contributed by atoms with Gasteiger partial charge in [0.2, 0.25) is 0 Å². The van der Waals surface area contributed by atoms with Crippen molar-refractivity contribution in [2.75, 3.05) is 39.1 Å². The van der Waals surface area contributed by atoms with Crippen molar-refractivity contribution >= 4 is 25.5 Å². The maximum absolute atomic E-state index is 12.6. The van der Waals surface area contributed by atoms with E-state index < -0.39 is 7.60 Å². The zero-order valence-corrected chi connectivity index (χ0v) is 26.0. The Kier molecular flexibility index (Phi) is 16.3. The van der Waals surface area contributed by atoms with Crippen LogP contribution in [-0.2, 0) is 13.6 Å². The second-order valence-electron chi connectivity index (χ2n) is 9.46. The summed E-state index contributed by atoms with van der Waals surface area (Å²) in [5, 5.41) is 0. The van der Waals surface area contributed by atoms with Crippen LogP contribution < -0.4 is 9.47 Å². The predicted molar refractivity (Wildman–Crippen MR) is 169 cm³/mol. The summed E-state index contributed by atoms with van der Waals surface area (Å²) in [5.41, 5.74) is 4.41. The normalized spacial score (nSPS) is 12.5. The van der Waals surface area contributed by atoms with Gasteiger partial charge < -0.3 is 18.5 Å². The first-order chi connectivity index (χ1) is 19.5. The second kappa shape index (κ2) is 19.4. The van der Waals surface area contributed by atoms with E-state index in [0.29, 0.717) is 45.6 Å². The highest BCUT2D eigenvalue weighted by Gasteiger charge is 2.22. The fourth-order valence-electron chi connectivity index (χ4n) is 3.95. The monoisotopic (exact) mass is 569 g/mol. The molecule has 220 valence electrons. The van der Waals surface area contributed by atoms with E-state index >= 15 is 0 Å². The highest BCUT2D eigenvalue weighted by Crippen LogP contribution is 2.48. The van der Waals surface area contributed by atoms with Crippen LogP contribution >= 0.6 is 7.60 Å². The van der Waals surface area contributed by atoms with E-state index in [1.54, 1.807) is 0 Å². The molecule has 0 atom stereocenters. The Morgan fingerprint density at radius 3 is 2.20 bits per heavy atom. The molecule has 6 nitrogen and oxygen atoms in total. The van der Waals surface area contributed by atoms with Gasteiger partial charge in [0.1, 0.15) is 0 Å². The summed E-state index contributed by atoms with van der Waals surface area (Å²) in [6, 6.07) is 14.4. The van der Waals surface area contributed by atoms with Crippen LogP contribution in [0.5, 0.6) is 11.5 Å². The van der Waals surface area contributed by atoms with E-state index in [4.69, 9.17) is 18.5 Å². The molecule has 0 saturated heterocycles. The minimum Gasteiger partial charge on any atom is -0.490 e. The fraction of sp³-hybridized carbons (Fsp3) is 0.485. The van der Waals surface area contributed by atoms with Crippen molar-refractivity contribution in [3.8, 4) is 11.5 Å². The number of hydrogen-bond donors (Lipinski definition) is 0. The number of nitrogens with zero attached hydrogens (tertiary/aromatic N) is 1. The van der Waals surface area contributed by atoms with Crippen molar-refractivity contribution in [3.63, 3.8) is 0 Å². The number of allylic oxidation sites excluding steroid dienone is 3. The third-order valence-electron chi connectivity index (χ3n) is 6.12. The van der Waals surface area contributed by atoms with Crippen LogP contribution in [0.2, 0.25) is 0 Å². The van der Waals surface area contributed by atoms with Gasteiger partial charge in [0.15, 0.2) is 11.5 Å². The first kappa shape index (κ1) is 33.5. The molecule has 0 fully saturated rings. The van der Waals surface area contributed by atoms with Crippen LogP contribution in [-0.4, -0.2) is 45.3 Å². The topological polar surface area (TPSA) is 66.4 Å². The molecule has 2 rings (SSSR count). The highest BCUT2D eigenvalue weighted by atomic mass is 31.2. The number of benzene rings is 2. The standard InChI is InChI=1S/C33H48NO5P/c1-6-10-24-36-32-20-18-29(27-33(32)37-25-11-7-2)17-19-30(31-16-13-12-15-28(31)5)21-23-34-22-14-26-40(35,38-8-3)39-9-4/h12-13,15-21,23,27H,6-11,14,22,24-26H2,1-5H3/b19-17?,30-21-,34-23?. The number of hydrogen-bond acceptors (Lipinski definition) is 6. The van der Waals surface area contributed by atoms with Crippen molar-refractivity contribution in [2.45, 2.75) is 66.7 Å². The van der Waals surface area contributed by atoms with Crippen molar-refractivity contribution in [1.29, 1.82) is 0 Å². The molecular formula is C33H48NO5P. The fourth-order valence-corrected chi connectivity index (χ4v) is 5.60. The van der Waals surface area contributed by atoms with Gasteiger partial charge in [-0.15, -0.1) is 0 Å². The van der Waals surface area contributed by atoms with Crippen molar-refractivity contribution < 1.29 is 23.1 Å². The lowest BCUT2D eigenvalue weighted by atomic mass is 9.99. The molecular weight excluding hydrogens is 521 g/mol. The Morgan fingerprint density at radius 2 is 1.55 bits per heavy atom. The molecule has 0 radical (unpaired) electrons. The first-order valence-corrected chi connectivity index (χ1v) is 16.4. The summed E-state index contributed by atoms with van der Waals surface area (Å²) in [6.07, 6.45) is 13.2. The zero-order valence-electron chi connectivity index (χ0n) is 25.1. The van der Waals surface area contributed by atoms with Gasteiger partial charge in [-0.25, -0.2) is 0 Å². The van der Waals surface area contributed by atoms with Crippen molar-refractivity contribution in [2.24, 2.45) is 4.99 Å². The van der Waals surface area contributed by atoms with Crippen LogP contribution in [0.15, 0.2) is 59.6 Å². The molecule has 0 heterocycles. The average Bonchev–Trinajstić information content (AvgIpc) is 2.94. The SMILES string of the molecule is CCCCOc1ccc(C=C/C(=C/C=NCCCP(=O)(OCC)OCC)c2ccccc2C)cc1OCCCC. The van der Waals surface area contributed by atoms with Gasteiger partial charge in [0.25, 0.3) is 0 Å². The lowest BCUT2D eigenvalue weighted by Gasteiger charge is -2.16. The second-order valence-corrected chi connectivity index (χ2v) is 11.6. The molecule has 0 N–H and O–H groups in total. The summed E-state index contributed by atoms with van der Waals surface area (Å²) in [5.74, 6) is 1.58. The molecule has 0 aliphatic carbocycles. The molecule has 0 bridgehead atoms. The lowest BCUT2D eigenvalue weighted by Crippen LogP contribution is -2.02. The van der Waals surface area contributed by atoms with Crippen LogP contribution in [0.4, 0.5) is 0 Å². The molecule has 7 heteroatoms. The van der Waals surface area contributed by atoms with E-state index in [2.05, 4.69) is 56.1 Å². The third kappa shape index (κ3) is 12.2. The average molecular weight is 570 g/mol. The Morgan fingerprint density at radius 1 is 0.875 bits per heavy atom. The zero-order chi connectivity index (χ0) is 29.1. The van der Waals surface area contributed by atoms with Gasteiger partial charge in [-0.05, 0) is 80.5 Å². The summed E-state index contributed by atoms with van der Waals surface area (Å²) in [7, 11) is -3.03. The molecule has 40 heavy (non-hydrogen) atoms.